The lowest BCUT2D eigenvalue weighted by Gasteiger charge is -2.26. The van der Waals surface area contributed by atoms with E-state index in [1.165, 1.54) is 29.2 Å². The summed E-state index contributed by atoms with van der Waals surface area (Å²) in [6, 6.07) is 15.6. The predicted molar refractivity (Wildman–Crippen MR) is 129 cm³/mol. The van der Waals surface area contributed by atoms with Crippen molar-refractivity contribution in [1.82, 2.24) is 0 Å². The Kier molecular flexibility index (Phi) is 6.24. The van der Waals surface area contributed by atoms with E-state index in [2.05, 4.69) is 0 Å². The highest BCUT2D eigenvalue weighted by Crippen LogP contribution is 2.43. The van der Waals surface area contributed by atoms with E-state index in [4.69, 9.17) is 4.74 Å². The van der Waals surface area contributed by atoms with Gasteiger partial charge in [-0.3, -0.25) is 14.5 Å². The van der Waals surface area contributed by atoms with E-state index >= 15 is 0 Å². The van der Waals surface area contributed by atoms with Crippen molar-refractivity contribution in [2.75, 3.05) is 12.0 Å². The summed E-state index contributed by atoms with van der Waals surface area (Å²) in [4.78, 5) is 27.9. The van der Waals surface area contributed by atoms with Crippen LogP contribution in [0.4, 0.5) is 10.1 Å². The number of hydrogen-bond donors (Lipinski definition) is 1. The third-order valence-electron chi connectivity index (χ3n) is 6.25. The third kappa shape index (κ3) is 3.96. The van der Waals surface area contributed by atoms with Gasteiger partial charge in [-0.1, -0.05) is 31.2 Å². The molecule has 174 valence electrons. The van der Waals surface area contributed by atoms with Crippen molar-refractivity contribution in [2.45, 2.75) is 33.2 Å². The molecule has 0 bridgehead atoms. The Bertz CT molecular complexity index is 1290. The number of anilines is 1. The first-order chi connectivity index (χ1) is 16.3. The average Bonchev–Trinajstić information content (AvgIpc) is 3.10. The van der Waals surface area contributed by atoms with Crippen molar-refractivity contribution in [3.63, 3.8) is 0 Å². The number of rotatable bonds is 5. The molecule has 1 fully saturated rings. The Morgan fingerprint density at radius 1 is 1.00 bits per heavy atom. The molecule has 1 atom stereocenters. The second-order valence-electron chi connectivity index (χ2n) is 8.38. The van der Waals surface area contributed by atoms with Crippen molar-refractivity contribution in [1.29, 1.82) is 0 Å². The second kappa shape index (κ2) is 9.14. The van der Waals surface area contributed by atoms with Crippen LogP contribution >= 0.6 is 0 Å². The minimum atomic E-state index is -0.908. The number of amides is 1. The van der Waals surface area contributed by atoms with Crippen molar-refractivity contribution in [3.05, 3.63) is 99.9 Å². The first-order valence-electron chi connectivity index (χ1n) is 11.1. The van der Waals surface area contributed by atoms with Crippen LogP contribution in [-0.4, -0.2) is 23.9 Å². The monoisotopic (exact) mass is 459 g/mol. The van der Waals surface area contributed by atoms with Gasteiger partial charge in [0.1, 0.15) is 17.3 Å². The molecule has 34 heavy (non-hydrogen) atoms. The molecular formula is C28H26FNO4. The molecule has 6 heteroatoms. The molecule has 1 saturated heterocycles. The van der Waals surface area contributed by atoms with Crippen LogP contribution in [0.5, 0.6) is 5.75 Å². The smallest absolute Gasteiger partial charge is 0.300 e. The van der Waals surface area contributed by atoms with E-state index in [0.717, 1.165) is 17.5 Å². The molecule has 5 nitrogen and oxygen atoms in total. The number of methoxy groups -OCH3 is 1. The van der Waals surface area contributed by atoms with E-state index in [-0.39, 0.29) is 11.3 Å². The number of benzene rings is 3. The van der Waals surface area contributed by atoms with E-state index in [1.807, 2.05) is 26.0 Å². The molecule has 0 radical (unpaired) electrons. The first-order valence-corrected chi connectivity index (χ1v) is 11.1. The van der Waals surface area contributed by atoms with Crippen molar-refractivity contribution in [3.8, 4) is 5.75 Å². The normalized spacial score (nSPS) is 17.3. The lowest BCUT2D eigenvalue weighted by atomic mass is 9.93. The fraction of sp³-hybridized carbons (Fsp3) is 0.214. The minimum absolute atomic E-state index is 0.0381. The molecule has 0 aliphatic carbocycles. The first kappa shape index (κ1) is 23.2. The number of carbonyl (C=O) groups is 2. The zero-order chi connectivity index (χ0) is 24.6. The number of hydrogen-bond acceptors (Lipinski definition) is 4. The summed E-state index contributed by atoms with van der Waals surface area (Å²) < 4.78 is 19.1. The van der Waals surface area contributed by atoms with Crippen LogP contribution in [0.3, 0.4) is 0 Å². The van der Waals surface area contributed by atoms with Crippen molar-refractivity contribution >= 4 is 23.1 Å². The molecule has 4 rings (SSSR count). The molecule has 1 heterocycles. The molecule has 1 amide bonds. The molecular weight excluding hydrogens is 433 g/mol. The van der Waals surface area contributed by atoms with Gasteiger partial charge in [-0.2, -0.15) is 0 Å². The Labute approximate surface area is 198 Å². The van der Waals surface area contributed by atoms with Crippen LogP contribution in [0, 0.1) is 19.7 Å². The lowest BCUT2D eigenvalue weighted by Crippen LogP contribution is -2.29. The van der Waals surface area contributed by atoms with Crippen LogP contribution in [0.15, 0.2) is 66.2 Å². The van der Waals surface area contributed by atoms with Gasteiger partial charge in [0.2, 0.25) is 0 Å². The largest absolute Gasteiger partial charge is 0.507 e. The molecule has 1 aliphatic rings. The number of nitrogens with zero attached hydrogens (tertiary/aromatic N) is 1. The SMILES string of the molecule is CCc1ccc(N2C(=O)C(=O)/C(=C(/O)c3cc(C)c(OC)cc3C)C2c2ccc(F)cc2)cc1. The number of ether oxygens (including phenoxy) is 1. The number of aliphatic hydroxyl groups is 1. The maximum Gasteiger partial charge on any atom is 0.300 e. The van der Waals surface area contributed by atoms with Gasteiger partial charge in [-0.05, 0) is 78.9 Å². The molecule has 1 unspecified atom stereocenters. The van der Waals surface area contributed by atoms with Crippen molar-refractivity contribution in [2.24, 2.45) is 0 Å². The van der Waals surface area contributed by atoms with E-state index in [9.17, 15) is 19.1 Å². The summed E-state index contributed by atoms with van der Waals surface area (Å²) in [5.41, 5.74) is 3.99. The molecule has 1 aliphatic heterocycles. The Balaban J connectivity index is 1.95. The number of aliphatic hydroxyl groups excluding tert-OH is 1. The topological polar surface area (TPSA) is 66.8 Å². The zero-order valence-corrected chi connectivity index (χ0v) is 19.6. The average molecular weight is 460 g/mol. The van der Waals surface area contributed by atoms with Gasteiger partial charge in [0, 0.05) is 11.3 Å². The van der Waals surface area contributed by atoms with Gasteiger partial charge >= 0.3 is 0 Å². The summed E-state index contributed by atoms with van der Waals surface area (Å²) in [6.07, 6.45) is 0.830. The number of ketones is 1. The van der Waals surface area contributed by atoms with Gasteiger partial charge < -0.3 is 9.84 Å². The van der Waals surface area contributed by atoms with E-state index in [0.29, 0.717) is 28.1 Å². The van der Waals surface area contributed by atoms with Gasteiger partial charge in [-0.25, -0.2) is 4.39 Å². The van der Waals surface area contributed by atoms with E-state index in [1.54, 1.807) is 38.3 Å². The highest BCUT2D eigenvalue weighted by atomic mass is 19.1. The Morgan fingerprint density at radius 2 is 1.65 bits per heavy atom. The van der Waals surface area contributed by atoms with Crippen LogP contribution < -0.4 is 9.64 Å². The zero-order valence-electron chi connectivity index (χ0n) is 19.6. The molecule has 0 spiro atoms. The fourth-order valence-electron chi connectivity index (χ4n) is 4.36. The number of halogens is 1. The lowest BCUT2D eigenvalue weighted by molar-refractivity contribution is -0.132. The molecule has 3 aromatic rings. The molecule has 3 aromatic carbocycles. The maximum absolute atomic E-state index is 13.7. The molecule has 0 aromatic heterocycles. The second-order valence-corrected chi connectivity index (χ2v) is 8.38. The van der Waals surface area contributed by atoms with Gasteiger partial charge in [0.05, 0.1) is 18.7 Å². The fourth-order valence-corrected chi connectivity index (χ4v) is 4.36. The summed E-state index contributed by atoms with van der Waals surface area (Å²) in [5, 5.41) is 11.4. The number of aryl methyl sites for hydroxylation is 3. The molecule has 0 saturated carbocycles. The number of Topliss-reactive ketones (excluding diaryl/α,β-unsaturated/α-hetero) is 1. The summed E-state index contributed by atoms with van der Waals surface area (Å²) in [6.45, 7) is 5.66. The predicted octanol–water partition coefficient (Wildman–Crippen LogP) is 5.64. The summed E-state index contributed by atoms with van der Waals surface area (Å²) >= 11 is 0. The number of carbonyl (C=O) groups excluding carboxylic acids is 2. The van der Waals surface area contributed by atoms with Gasteiger partial charge in [-0.15, -0.1) is 0 Å². The molecule has 1 N–H and O–H groups in total. The van der Waals surface area contributed by atoms with Gasteiger partial charge in [0.25, 0.3) is 11.7 Å². The summed E-state index contributed by atoms with van der Waals surface area (Å²) in [5.74, 6) is -1.60. The Hall–Kier alpha value is -3.93. The van der Waals surface area contributed by atoms with E-state index < -0.39 is 23.5 Å². The standard InChI is InChI=1S/C28H26FNO4/c1-5-18-6-12-21(13-7-18)30-25(19-8-10-20(29)11-9-19)24(27(32)28(30)33)26(31)22-14-17(3)23(34-4)15-16(22)2/h6-15,25,31H,5H2,1-4H3/b26-24+. The quantitative estimate of drug-likeness (QED) is 0.305. The Morgan fingerprint density at radius 3 is 2.24 bits per heavy atom. The van der Waals surface area contributed by atoms with Crippen LogP contribution in [0.2, 0.25) is 0 Å². The minimum Gasteiger partial charge on any atom is -0.507 e. The highest BCUT2D eigenvalue weighted by Gasteiger charge is 2.47. The van der Waals surface area contributed by atoms with Crippen LogP contribution in [-0.2, 0) is 16.0 Å². The maximum atomic E-state index is 13.7. The third-order valence-corrected chi connectivity index (χ3v) is 6.25. The van der Waals surface area contributed by atoms with Crippen LogP contribution in [0.1, 0.15) is 40.8 Å². The van der Waals surface area contributed by atoms with Crippen molar-refractivity contribution < 1.29 is 23.8 Å². The summed E-state index contributed by atoms with van der Waals surface area (Å²) in [7, 11) is 1.56. The van der Waals surface area contributed by atoms with Crippen LogP contribution in [0.25, 0.3) is 5.76 Å². The van der Waals surface area contributed by atoms with Gasteiger partial charge in [0.15, 0.2) is 0 Å². The highest BCUT2D eigenvalue weighted by molar-refractivity contribution is 6.51.